The molecule has 27 heavy (non-hydrogen) atoms. The van der Waals surface area contributed by atoms with Gasteiger partial charge in [-0.15, -0.1) is 0 Å². The Kier molecular flexibility index (Phi) is 5.64. The maximum Gasteiger partial charge on any atom is 0.339 e. The second kappa shape index (κ2) is 8.12. The van der Waals surface area contributed by atoms with Crippen LogP contribution < -0.4 is 10.2 Å². The highest BCUT2D eigenvalue weighted by Crippen LogP contribution is 2.23. The van der Waals surface area contributed by atoms with Crippen LogP contribution in [-0.2, 0) is 4.74 Å². The molecule has 1 aliphatic rings. The number of methoxy groups -OCH3 is 1. The molecular weight excluding hydrogens is 342 g/mol. The van der Waals surface area contributed by atoms with Crippen molar-refractivity contribution in [3.8, 4) is 0 Å². The molecule has 142 valence electrons. The van der Waals surface area contributed by atoms with Gasteiger partial charge in [-0.05, 0) is 37.6 Å². The highest BCUT2D eigenvalue weighted by Gasteiger charge is 2.23. The highest BCUT2D eigenvalue weighted by molar-refractivity contribution is 6.00. The van der Waals surface area contributed by atoms with Gasteiger partial charge in [0.25, 0.3) is 0 Å². The van der Waals surface area contributed by atoms with Gasteiger partial charge in [-0.1, -0.05) is 29.8 Å². The van der Waals surface area contributed by atoms with Gasteiger partial charge in [-0.2, -0.15) is 0 Å². The monoisotopic (exact) mass is 367 g/mol. The van der Waals surface area contributed by atoms with Crippen molar-refractivity contribution in [2.45, 2.75) is 13.8 Å². The lowest BCUT2D eigenvalue weighted by Crippen LogP contribution is -2.50. The molecule has 2 aromatic rings. The fraction of sp³-hybridized carbons (Fsp3) is 0.333. The number of benzene rings is 2. The third-order valence-corrected chi connectivity index (χ3v) is 4.83. The Morgan fingerprint density at radius 2 is 1.70 bits per heavy atom. The smallest absolute Gasteiger partial charge is 0.339 e. The number of carbonyl (C=O) groups excluding carboxylic acids is 2. The number of ether oxygens (including phenoxy) is 1. The van der Waals surface area contributed by atoms with Gasteiger partial charge in [0, 0.05) is 31.9 Å². The number of aryl methyl sites for hydroxylation is 2. The molecule has 0 saturated carbocycles. The molecule has 6 heteroatoms. The van der Waals surface area contributed by atoms with Crippen LogP contribution >= 0.6 is 0 Å². The Morgan fingerprint density at radius 1 is 1.00 bits per heavy atom. The van der Waals surface area contributed by atoms with Crippen molar-refractivity contribution in [1.29, 1.82) is 0 Å². The van der Waals surface area contributed by atoms with Crippen molar-refractivity contribution in [2.75, 3.05) is 43.5 Å². The quantitative estimate of drug-likeness (QED) is 0.844. The Labute approximate surface area is 159 Å². The van der Waals surface area contributed by atoms with E-state index in [0.717, 1.165) is 13.1 Å². The summed E-state index contributed by atoms with van der Waals surface area (Å²) in [4.78, 5) is 28.6. The topological polar surface area (TPSA) is 61.9 Å². The Morgan fingerprint density at radius 3 is 2.37 bits per heavy atom. The predicted molar refractivity (Wildman–Crippen MR) is 107 cm³/mol. The highest BCUT2D eigenvalue weighted by atomic mass is 16.5. The number of carbonyl (C=O) groups is 2. The van der Waals surface area contributed by atoms with Crippen molar-refractivity contribution in [3.63, 3.8) is 0 Å². The SMILES string of the molecule is COC(=O)c1ccccc1NC(=O)N1CCN(c2ccc(C)cc2C)CC1. The first-order valence-corrected chi connectivity index (χ1v) is 9.05. The Balaban J connectivity index is 1.63. The van der Waals surface area contributed by atoms with E-state index in [4.69, 9.17) is 4.74 Å². The van der Waals surface area contributed by atoms with E-state index >= 15 is 0 Å². The third-order valence-electron chi connectivity index (χ3n) is 4.83. The molecule has 1 saturated heterocycles. The number of rotatable bonds is 3. The zero-order valence-corrected chi connectivity index (χ0v) is 16.0. The molecule has 1 heterocycles. The molecule has 1 fully saturated rings. The molecule has 6 nitrogen and oxygen atoms in total. The van der Waals surface area contributed by atoms with E-state index in [-0.39, 0.29) is 6.03 Å². The maximum absolute atomic E-state index is 12.6. The molecule has 0 unspecified atom stereocenters. The number of anilines is 2. The van der Waals surface area contributed by atoms with Crippen LogP contribution in [0.3, 0.4) is 0 Å². The number of urea groups is 1. The molecular formula is C21H25N3O3. The van der Waals surface area contributed by atoms with E-state index in [1.807, 2.05) is 0 Å². The molecule has 3 rings (SSSR count). The number of amides is 2. The van der Waals surface area contributed by atoms with Crippen molar-refractivity contribution in [2.24, 2.45) is 0 Å². The summed E-state index contributed by atoms with van der Waals surface area (Å²) in [7, 11) is 1.33. The molecule has 2 aromatic carbocycles. The lowest BCUT2D eigenvalue weighted by molar-refractivity contribution is 0.0602. The van der Waals surface area contributed by atoms with Gasteiger partial charge in [-0.3, -0.25) is 0 Å². The number of piperazine rings is 1. The molecule has 0 aliphatic carbocycles. The van der Waals surface area contributed by atoms with Crippen LogP contribution in [0.5, 0.6) is 0 Å². The van der Waals surface area contributed by atoms with E-state index < -0.39 is 5.97 Å². The third kappa shape index (κ3) is 4.22. The predicted octanol–water partition coefficient (Wildman–Crippen LogP) is 3.44. The van der Waals surface area contributed by atoms with Crippen LogP contribution in [0.25, 0.3) is 0 Å². The van der Waals surface area contributed by atoms with Crippen molar-refractivity contribution in [3.05, 3.63) is 59.2 Å². The van der Waals surface area contributed by atoms with E-state index in [0.29, 0.717) is 24.3 Å². The van der Waals surface area contributed by atoms with E-state index in [2.05, 4.69) is 42.3 Å². The van der Waals surface area contributed by atoms with Crippen LogP contribution in [0.15, 0.2) is 42.5 Å². The summed E-state index contributed by atoms with van der Waals surface area (Å²) in [6.45, 7) is 7.00. The van der Waals surface area contributed by atoms with E-state index in [1.165, 1.54) is 23.9 Å². The summed E-state index contributed by atoms with van der Waals surface area (Å²) in [5, 5.41) is 2.84. The zero-order valence-electron chi connectivity index (χ0n) is 16.0. The minimum Gasteiger partial charge on any atom is -0.465 e. The molecule has 0 spiro atoms. The fourth-order valence-electron chi connectivity index (χ4n) is 3.38. The summed E-state index contributed by atoms with van der Waals surface area (Å²) in [5.74, 6) is -0.467. The van der Waals surface area contributed by atoms with Crippen LogP contribution in [0.2, 0.25) is 0 Å². The Hall–Kier alpha value is -3.02. The zero-order chi connectivity index (χ0) is 19.4. The number of nitrogens with zero attached hydrogens (tertiary/aromatic N) is 2. The largest absolute Gasteiger partial charge is 0.465 e. The van der Waals surface area contributed by atoms with Gasteiger partial charge in [0.1, 0.15) is 0 Å². The number of para-hydroxylation sites is 1. The van der Waals surface area contributed by atoms with Crippen molar-refractivity contribution in [1.82, 2.24) is 4.90 Å². The summed E-state index contributed by atoms with van der Waals surface area (Å²) in [5.41, 5.74) is 4.53. The standard InChI is InChI=1S/C21H25N3O3/c1-15-8-9-19(16(2)14-15)23-10-12-24(13-11-23)21(26)22-18-7-5-4-6-17(18)20(25)27-3/h4-9,14H,10-13H2,1-3H3,(H,22,26). The van der Waals surface area contributed by atoms with Gasteiger partial charge in [0.2, 0.25) is 0 Å². The van der Waals surface area contributed by atoms with Crippen LogP contribution in [0.4, 0.5) is 16.2 Å². The number of hydrogen-bond donors (Lipinski definition) is 1. The number of esters is 1. The minimum atomic E-state index is -0.467. The van der Waals surface area contributed by atoms with Gasteiger partial charge >= 0.3 is 12.0 Å². The normalized spacial score (nSPS) is 14.0. The summed E-state index contributed by atoms with van der Waals surface area (Å²) in [6, 6.07) is 13.1. The molecule has 0 aromatic heterocycles. The lowest BCUT2D eigenvalue weighted by Gasteiger charge is -2.36. The summed E-state index contributed by atoms with van der Waals surface area (Å²) < 4.78 is 4.78. The average Bonchev–Trinajstić information content (AvgIpc) is 2.68. The van der Waals surface area contributed by atoms with E-state index in [1.54, 1.807) is 29.2 Å². The Bertz CT molecular complexity index is 842. The number of nitrogens with one attached hydrogen (secondary N) is 1. The second-order valence-corrected chi connectivity index (χ2v) is 6.73. The first-order chi connectivity index (χ1) is 13.0. The molecule has 1 aliphatic heterocycles. The first-order valence-electron chi connectivity index (χ1n) is 9.05. The molecule has 0 bridgehead atoms. The first kappa shape index (κ1) is 18.8. The molecule has 2 amide bonds. The maximum atomic E-state index is 12.6. The fourth-order valence-corrected chi connectivity index (χ4v) is 3.38. The average molecular weight is 367 g/mol. The van der Waals surface area contributed by atoms with Crippen LogP contribution in [0.1, 0.15) is 21.5 Å². The van der Waals surface area contributed by atoms with Gasteiger partial charge in [0.15, 0.2) is 0 Å². The van der Waals surface area contributed by atoms with Gasteiger partial charge in [-0.25, -0.2) is 9.59 Å². The summed E-state index contributed by atoms with van der Waals surface area (Å²) in [6.07, 6.45) is 0. The van der Waals surface area contributed by atoms with Crippen LogP contribution in [-0.4, -0.2) is 50.2 Å². The lowest BCUT2D eigenvalue weighted by atomic mass is 10.1. The molecule has 0 radical (unpaired) electrons. The second-order valence-electron chi connectivity index (χ2n) is 6.73. The molecule has 1 N–H and O–H groups in total. The summed E-state index contributed by atoms with van der Waals surface area (Å²) >= 11 is 0. The van der Waals surface area contributed by atoms with E-state index in [9.17, 15) is 9.59 Å². The number of hydrogen-bond acceptors (Lipinski definition) is 4. The van der Waals surface area contributed by atoms with Gasteiger partial charge < -0.3 is 19.9 Å². The molecule has 0 atom stereocenters. The minimum absolute atomic E-state index is 0.202. The van der Waals surface area contributed by atoms with Crippen LogP contribution in [0, 0.1) is 13.8 Å². The van der Waals surface area contributed by atoms with Gasteiger partial charge in [0.05, 0.1) is 18.4 Å². The van der Waals surface area contributed by atoms with Crippen molar-refractivity contribution < 1.29 is 14.3 Å². The van der Waals surface area contributed by atoms with Crippen molar-refractivity contribution >= 4 is 23.4 Å².